The van der Waals surface area contributed by atoms with Gasteiger partial charge in [0, 0.05) is 22.8 Å². The van der Waals surface area contributed by atoms with Crippen LogP contribution < -0.4 is 10.6 Å². The number of likely N-dealkylation sites (tertiary alicyclic amines) is 1. The minimum Gasteiger partial charge on any atom is -0.329 e. The SMILES string of the molecule is Cc1[nH]nc2ccc(NC(=O)N[C@H](c3ccccc3)[C@H]3CCCCN3C)cc12. The molecule has 6 nitrogen and oxygen atoms in total. The molecule has 4 rings (SSSR count). The van der Waals surface area contributed by atoms with Crippen molar-refractivity contribution in [3.63, 3.8) is 0 Å². The number of piperidine rings is 1. The first-order chi connectivity index (χ1) is 13.6. The summed E-state index contributed by atoms with van der Waals surface area (Å²) >= 11 is 0. The lowest BCUT2D eigenvalue weighted by atomic mass is 9.91. The van der Waals surface area contributed by atoms with Gasteiger partial charge in [-0.25, -0.2) is 4.79 Å². The summed E-state index contributed by atoms with van der Waals surface area (Å²) in [5.41, 5.74) is 3.79. The summed E-state index contributed by atoms with van der Waals surface area (Å²) in [4.78, 5) is 15.2. The van der Waals surface area contributed by atoms with E-state index in [4.69, 9.17) is 0 Å². The second-order valence-electron chi connectivity index (χ2n) is 7.61. The molecule has 2 atom stereocenters. The summed E-state index contributed by atoms with van der Waals surface area (Å²) in [6, 6.07) is 16.1. The van der Waals surface area contributed by atoms with Crippen molar-refractivity contribution >= 4 is 22.6 Å². The highest BCUT2D eigenvalue weighted by atomic mass is 16.2. The van der Waals surface area contributed by atoms with Crippen LogP contribution in [0.4, 0.5) is 10.5 Å². The van der Waals surface area contributed by atoms with Gasteiger partial charge in [-0.05, 0) is 57.1 Å². The third-order valence-electron chi connectivity index (χ3n) is 5.66. The van der Waals surface area contributed by atoms with Gasteiger partial charge >= 0.3 is 6.03 Å². The van der Waals surface area contributed by atoms with Crippen molar-refractivity contribution in [2.24, 2.45) is 0 Å². The molecule has 3 aromatic rings. The normalized spacial score (nSPS) is 18.7. The van der Waals surface area contributed by atoms with Crippen molar-refractivity contribution in [1.29, 1.82) is 0 Å². The molecule has 1 saturated heterocycles. The number of aromatic amines is 1. The second-order valence-corrected chi connectivity index (χ2v) is 7.61. The number of carbonyl (C=O) groups is 1. The maximum atomic E-state index is 12.8. The van der Waals surface area contributed by atoms with Gasteiger partial charge in [-0.15, -0.1) is 0 Å². The molecule has 1 aliphatic heterocycles. The molecule has 3 N–H and O–H groups in total. The van der Waals surface area contributed by atoms with E-state index >= 15 is 0 Å². The summed E-state index contributed by atoms with van der Waals surface area (Å²) in [6.45, 7) is 3.04. The Balaban J connectivity index is 1.53. The number of H-pyrrole nitrogens is 1. The summed E-state index contributed by atoms with van der Waals surface area (Å²) in [5.74, 6) is 0. The maximum absolute atomic E-state index is 12.8. The van der Waals surface area contributed by atoms with E-state index in [0.717, 1.165) is 40.8 Å². The monoisotopic (exact) mass is 377 g/mol. The quantitative estimate of drug-likeness (QED) is 0.637. The molecule has 0 unspecified atom stereocenters. The molecule has 0 radical (unpaired) electrons. The smallest absolute Gasteiger partial charge is 0.319 e. The van der Waals surface area contributed by atoms with Crippen LogP contribution in [0.3, 0.4) is 0 Å². The van der Waals surface area contributed by atoms with Crippen molar-refractivity contribution in [3.05, 3.63) is 59.8 Å². The lowest BCUT2D eigenvalue weighted by molar-refractivity contribution is 0.147. The molecular weight excluding hydrogens is 350 g/mol. The van der Waals surface area contributed by atoms with E-state index < -0.39 is 0 Å². The molecule has 0 spiro atoms. The largest absolute Gasteiger partial charge is 0.329 e. The number of likely N-dealkylation sites (N-methyl/N-ethyl adjacent to an activating group) is 1. The van der Waals surface area contributed by atoms with E-state index in [1.54, 1.807) is 0 Å². The number of urea groups is 1. The second kappa shape index (κ2) is 8.02. The topological polar surface area (TPSA) is 73.0 Å². The highest BCUT2D eigenvalue weighted by molar-refractivity contribution is 5.93. The van der Waals surface area contributed by atoms with E-state index in [-0.39, 0.29) is 12.1 Å². The number of nitrogens with one attached hydrogen (secondary N) is 3. The number of anilines is 1. The van der Waals surface area contributed by atoms with E-state index in [9.17, 15) is 4.79 Å². The molecule has 1 aliphatic rings. The predicted molar refractivity (Wildman–Crippen MR) is 112 cm³/mol. The Hall–Kier alpha value is -2.86. The molecule has 28 heavy (non-hydrogen) atoms. The fourth-order valence-electron chi connectivity index (χ4n) is 4.11. The number of benzene rings is 2. The zero-order valence-electron chi connectivity index (χ0n) is 16.4. The minimum absolute atomic E-state index is 0.0501. The Labute approximate surface area is 165 Å². The molecule has 146 valence electrons. The van der Waals surface area contributed by atoms with Crippen LogP contribution in [-0.2, 0) is 0 Å². The molecular formula is C22H27N5O. The lowest BCUT2D eigenvalue weighted by Crippen LogP contribution is -2.47. The van der Waals surface area contributed by atoms with Gasteiger partial charge in [0.1, 0.15) is 0 Å². The molecule has 2 amide bonds. The van der Waals surface area contributed by atoms with Gasteiger partial charge in [0.15, 0.2) is 0 Å². The number of fused-ring (bicyclic) bond motifs is 1. The summed E-state index contributed by atoms with van der Waals surface area (Å²) in [7, 11) is 2.15. The van der Waals surface area contributed by atoms with E-state index in [2.05, 4.69) is 44.9 Å². The number of nitrogens with zero attached hydrogens (tertiary/aromatic N) is 2. The van der Waals surface area contributed by atoms with Gasteiger partial charge in [0.05, 0.1) is 11.6 Å². The standard InChI is InChI=1S/C22H27N5O/c1-15-18-14-17(11-12-19(18)26-25-15)23-22(28)24-21(16-8-4-3-5-9-16)20-10-6-7-13-27(20)2/h3-5,8-9,11-12,14,20-21H,6-7,10,13H2,1-2H3,(H,25,26)(H2,23,24,28)/t20-,21-/m1/s1. The zero-order chi connectivity index (χ0) is 19.5. The molecule has 6 heteroatoms. The van der Waals surface area contributed by atoms with Crippen LogP contribution in [0, 0.1) is 6.92 Å². The number of amides is 2. The van der Waals surface area contributed by atoms with Crippen LogP contribution in [0.2, 0.25) is 0 Å². The summed E-state index contributed by atoms with van der Waals surface area (Å²) in [6.07, 6.45) is 3.49. The van der Waals surface area contributed by atoms with Gasteiger partial charge < -0.3 is 15.5 Å². The average molecular weight is 377 g/mol. The number of carbonyl (C=O) groups excluding carboxylic acids is 1. The first kappa shape index (κ1) is 18.5. The number of hydrogen-bond acceptors (Lipinski definition) is 3. The van der Waals surface area contributed by atoms with Crippen LogP contribution in [-0.4, -0.2) is 40.8 Å². The van der Waals surface area contributed by atoms with Crippen LogP contribution in [0.1, 0.15) is 36.6 Å². The third kappa shape index (κ3) is 3.87. The molecule has 0 saturated carbocycles. The van der Waals surface area contributed by atoms with Crippen molar-refractivity contribution in [3.8, 4) is 0 Å². The number of aryl methyl sites for hydroxylation is 1. The molecule has 2 heterocycles. The third-order valence-corrected chi connectivity index (χ3v) is 5.66. The minimum atomic E-state index is -0.187. The summed E-state index contributed by atoms with van der Waals surface area (Å²) < 4.78 is 0. The Morgan fingerprint density at radius 2 is 2.04 bits per heavy atom. The van der Waals surface area contributed by atoms with Crippen molar-refractivity contribution in [2.75, 3.05) is 18.9 Å². The van der Waals surface area contributed by atoms with E-state index in [1.807, 2.05) is 43.3 Å². The Morgan fingerprint density at radius 1 is 1.21 bits per heavy atom. The Kier molecular flexibility index (Phi) is 5.30. The fourth-order valence-corrected chi connectivity index (χ4v) is 4.11. The van der Waals surface area contributed by atoms with Gasteiger partial charge in [-0.2, -0.15) is 5.10 Å². The first-order valence-corrected chi connectivity index (χ1v) is 9.89. The van der Waals surface area contributed by atoms with Crippen molar-refractivity contribution in [2.45, 2.75) is 38.3 Å². The number of rotatable bonds is 4. The molecule has 0 bridgehead atoms. The lowest BCUT2D eigenvalue weighted by Gasteiger charge is -2.38. The maximum Gasteiger partial charge on any atom is 0.319 e. The molecule has 1 aromatic heterocycles. The molecule has 1 fully saturated rings. The first-order valence-electron chi connectivity index (χ1n) is 9.89. The van der Waals surface area contributed by atoms with Crippen LogP contribution in [0.25, 0.3) is 10.9 Å². The van der Waals surface area contributed by atoms with Crippen LogP contribution in [0.5, 0.6) is 0 Å². The highest BCUT2D eigenvalue weighted by Gasteiger charge is 2.30. The van der Waals surface area contributed by atoms with Gasteiger partial charge in [-0.3, -0.25) is 5.10 Å². The summed E-state index contributed by atoms with van der Waals surface area (Å²) in [5, 5.41) is 14.4. The van der Waals surface area contributed by atoms with Crippen LogP contribution in [0.15, 0.2) is 48.5 Å². The fraction of sp³-hybridized carbons (Fsp3) is 0.364. The highest BCUT2D eigenvalue weighted by Crippen LogP contribution is 2.28. The number of aromatic nitrogens is 2. The Bertz CT molecular complexity index is 952. The average Bonchev–Trinajstić information content (AvgIpc) is 3.08. The van der Waals surface area contributed by atoms with Gasteiger partial charge in [0.2, 0.25) is 0 Å². The Morgan fingerprint density at radius 3 is 2.82 bits per heavy atom. The zero-order valence-corrected chi connectivity index (χ0v) is 16.4. The molecule has 2 aromatic carbocycles. The van der Waals surface area contributed by atoms with E-state index in [1.165, 1.54) is 12.8 Å². The predicted octanol–water partition coefficient (Wildman–Crippen LogP) is 4.22. The molecule has 0 aliphatic carbocycles. The van der Waals surface area contributed by atoms with Crippen LogP contribution >= 0.6 is 0 Å². The van der Waals surface area contributed by atoms with Gasteiger partial charge in [0.25, 0.3) is 0 Å². The van der Waals surface area contributed by atoms with E-state index in [0.29, 0.717) is 6.04 Å². The van der Waals surface area contributed by atoms with Crippen molar-refractivity contribution in [1.82, 2.24) is 20.4 Å². The number of hydrogen-bond donors (Lipinski definition) is 3. The van der Waals surface area contributed by atoms with Gasteiger partial charge in [-0.1, -0.05) is 36.8 Å². The van der Waals surface area contributed by atoms with Crippen molar-refractivity contribution < 1.29 is 4.79 Å².